The molecule has 7 heteroatoms. The Labute approximate surface area is 164 Å². The number of carbonyl (C=O) groups is 3. The molecule has 0 bridgehead atoms. The minimum atomic E-state index is -0.510. The van der Waals surface area contributed by atoms with Crippen LogP contribution in [0.3, 0.4) is 0 Å². The molecule has 1 aliphatic carbocycles. The van der Waals surface area contributed by atoms with E-state index in [1.807, 2.05) is 18.7 Å². The maximum absolute atomic E-state index is 12.8. The molecule has 1 N–H and O–H groups in total. The molecule has 0 spiro atoms. The Bertz CT molecular complexity index is 733. The predicted octanol–water partition coefficient (Wildman–Crippen LogP) is 3.53. The second-order valence-corrected chi connectivity index (χ2v) is 8.71. The van der Waals surface area contributed by atoms with E-state index in [4.69, 9.17) is 4.74 Å². The van der Waals surface area contributed by atoms with Gasteiger partial charge in [-0.15, -0.1) is 11.3 Å². The average Bonchev–Trinajstić information content (AvgIpc) is 2.96. The molecule has 3 rings (SSSR count). The van der Waals surface area contributed by atoms with Gasteiger partial charge in [0.05, 0.1) is 5.56 Å². The van der Waals surface area contributed by atoms with Crippen molar-refractivity contribution in [3.63, 3.8) is 0 Å². The number of amides is 2. The van der Waals surface area contributed by atoms with Crippen molar-refractivity contribution < 1.29 is 19.1 Å². The molecule has 0 aromatic carbocycles. The second-order valence-electron chi connectivity index (χ2n) is 7.60. The third-order valence-electron chi connectivity index (χ3n) is 5.47. The average molecular weight is 393 g/mol. The number of carbonyl (C=O) groups excluding carboxylic acids is 3. The highest BCUT2D eigenvalue weighted by molar-refractivity contribution is 7.17. The van der Waals surface area contributed by atoms with Crippen LogP contribution in [0.5, 0.6) is 0 Å². The Kier molecular flexibility index (Phi) is 6.19. The van der Waals surface area contributed by atoms with E-state index in [9.17, 15) is 14.4 Å². The summed E-state index contributed by atoms with van der Waals surface area (Å²) in [6, 6.07) is 0.340. The molecular formula is C20H28N2O4S. The van der Waals surface area contributed by atoms with Crippen LogP contribution in [0.15, 0.2) is 0 Å². The predicted molar refractivity (Wildman–Crippen MR) is 105 cm³/mol. The summed E-state index contributed by atoms with van der Waals surface area (Å²) in [5, 5.41) is 3.31. The molecule has 2 aliphatic rings. The van der Waals surface area contributed by atoms with E-state index >= 15 is 0 Å². The van der Waals surface area contributed by atoms with E-state index < -0.39 is 5.97 Å². The first-order chi connectivity index (χ1) is 12.9. The number of anilines is 1. The zero-order valence-corrected chi connectivity index (χ0v) is 17.1. The topological polar surface area (TPSA) is 75.7 Å². The number of likely N-dealkylation sites (tertiary alicyclic amines) is 1. The van der Waals surface area contributed by atoms with Crippen LogP contribution in [-0.4, -0.2) is 41.4 Å². The van der Waals surface area contributed by atoms with Gasteiger partial charge in [-0.3, -0.25) is 9.59 Å². The van der Waals surface area contributed by atoms with Crippen molar-refractivity contribution in [3.05, 3.63) is 16.0 Å². The van der Waals surface area contributed by atoms with Gasteiger partial charge in [-0.05, 0) is 64.4 Å². The zero-order valence-electron chi connectivity index (χ0n) is 16.3. The van der Waals surface area contributed by atoms with Crippen molar-refractivity contribution in [1.82, 2.24) is 4.90 Å². The van der Waals surface area contributed by atoms with Crippen LogP contribution in [-0.2, 0) is 27.2 Å². The van der Waals surface area contributed by atoms with Crippen LogP contribution in [0, 0.1) is 0 Å². The molecule has 1 aromatic heterocycles. The molecule has 0 saturated carbocycles. The number of fused-ring (bicyclic) bond motifs is 1. The van der Waals surface area contributed by atoms with Crippen LogP contribution in [0.4, 0.5) is 5.00 Å². The van der Waals surface area contributed by atoms with Gasteiger partial charge in [0, 0.05) is 23.9 Å². The number of nitrogens with one attached hydrogen (secondary N) is 1. The number of rotatable bonds is 4. The summed E-state index contributed by atoms with van der Waals surface area (Å²) in [7, 11) is 0. The summed E-state index contributed by atoms with van der Waals surface area (Å²) in [5.41, 5.74) is 1.42. The molecular weight excluding hydrogens is 364 g/mol. The molecule has 1 fully saturated rings. The SMILES string of the molecule is CC(=O)Nc1sc2c(c1C(=O)OCC(=O)N1[C@H](C)CCC[C@H]1C)CCCC2. The van der Waals surface area contributed by atoms with E-state index in [0.717, 1.165) is 55.4 Å². The van der Waals surface area contributed by atoms with Crippen LogP contribution in [0.2, 0.25) is 0 Å². The minimum absolute atomic E-state index is 0.145. The third-order valence-corrected chi connectivity index (χ3v) is 6.68. The Morgan fingerprint density at radius 1 is 1.11 bits per heavy atom. The van der Waals surface area contributed by atoms with Gasteiger partial charge < -0.3 is 15.0 Å². The summed E-state index contributed by atoms with van der Waals surface area (Å²) in [4.78, 5) is 39.9. The summed E-state index contributed by atoms with van der Waals surface area (Å²) in [5.74, 6) is -0.869. The van der Waals surface area contributed by atoms with Crippen molar-refractivity contribution in [2.24, 2.45) is 0 Å². The normalized spacial score (nSPS) is 22.1. The molecule has 2 atom stereocenters. The molecule has 148 valence electrons. The lowest BCUT2D eigenvalue weighted by molar-refractivity contribution is -0.140. The number of hydrogen-bond acceptors (Lipinski definition) is 5. The number of piperidine rings is 1. The lowest BCUT2D eigenvalue weighted by atomic mass is 9.95. The minimum Gasteiger partial charge on any atom is -0.452 e. The standard InChI is InChI=1S/C20H28N2O4S/c1-12-7-6-8-13(2)22(12)17(24)11-26-20(25)18-15-9-4-5-10-16(15)27-19(18)21-14(3)23/h12-13H,4-11H2,1-3H3,(H,21,23)/t12-,13-/m1/s1. The van der Waals surface area contributed by atoms with Crippen molar-refractivity contribution in [3.8, 4) is 0 Å². The van der Waals surface area contributed by atoms with Gasteiger partial charge in [-0.1, -0.05) is 0 Å². The first-order valence-electron chi connectivity index (χ1n) is 9.79. The fraction of sp³-hybridized carbons (Fsp3) is 0.650. The van der Waals surface area contributed by atoms with Crippen LogP contribution >= 0.6 is 11.3 Å². The van der Waals surface area contributed by atoms with Gasteiger partial charge in [0.15, 0.2) is 6.61 Å². The van der Waals surface area contributed by atoms with E-state index in [2.05, 4.69) is 5.32 Å². The first kappa shape index (κ1) is 19.9. The second kappa shape index (κ2) is 8.42. The van der Waals surface area contributed by atoms with Crippen molar-refractivity contribution in [1.29, 1.82) is 0 Å². The molecule has 2 heterocycles. The van der Waals surface area contributed by atoms with Crippen LogP contribution in [0.25, 0.3) is 0 Å². The Morgan fingerprint density at radius 2 is 1.78 bits per heavy atom. The summed E-state index contributed by atoms with van der Waals surface area (Å²) in [6.45, 7) is 5.26. The third kappa shape index (κ3) is 4.34. The van der Waals surface area contributed by atoms with E-state index in [-0.39, 0.29) is 30.5 Å². The summed E-state index contributed by atoms with van der Waals surface area (Å²) in [6.07, 6.45) is 6.91. The Hall–Kier alpha value is -1.89. The molecule has 1 aliphatic heterocycles. The number of aryl methyl sites for hydroxylation is 1. The zero-order chi connectivity index (χ0) is 19.6. The quantitative estimate of drug-likeness (QED) is 0.796. The number of ether oxygens (including phenoxy) is 1. The highest BCUT2D eigenvalue weighted by Crippen LogP contribution is 2.38. The molecule has 1 aromatic rings. The van der Waals surface area contributed by atoms with Gasteiger partial charge in [0.2, 0.25) is 5.91 Å². The highest BCUT2D eigenvalue weighted by atomic mass is 32.1. The van der Waals surface area contributed by atoms with Gasteiger partial charge in [0.1, 0.15) is 5.00 Å². The number of thiophene rings is 1. The van der Waals surface area contributed by atoms with Gasteiger partial charge >= 0.3 is 5.97 Å². The molecule has 0 unspecified atom stereocenters. The fourth-order valence-electron chi connectivity index (χ4n) is 4.22. The maximum Gasteiger partial charge on any atom is 0.341 e. The fourth-order valence-corrected chi connectivity index (χ4v) is 5.54. The Morgan fingerprint density at radius 3 is 2.44 bits per heavy atom. The van der Waals surface area contributed by atoms with E-state index in [1.165, 1.54) is 18.3 Å². The number of esters is 1. The van der Waals surface area contributed by atoms with Crippen molar-refractivity contribution in [2.75, 3.05) is 11.9 Å². The molecule has 6 nitrogen and oxygen atoms in total. The molecule has 27 heavy (non-hydrogen) atoms. The number of hydrogen-bond donors (Lipinski definition) is 1. The largest absolute Gasteiger partial charge is 0.452 e. The van der Waals surface area contributed by atoms with E-state index in [1.54, 1.807) is 0 Å². The highest BCUT2D eigenvalue weighted by Gasteiger charge is 2.31. The smallest absolute Gasteiger partial charge is 0.341 e. The van der Waals surface area contributed by atoms with E-state index in [0.29, 0.717) is 10.6 Å². The van der Waals surface area contributed by atoms with Crippen LogP contribution in [0.1, 0.15) is 73.7 Å². The van der Waals surface area contributed by atoms with Crippen molar-refractivity contribution >= 4 is 34.1 Å². The molecule has 1 saturated heterocycles. The Balaban J connectivity index is 1.73. The maximum atomic E-state index is 12.8. The summed E-state index contributed by atoms with van der Waals surface area (Å²) >= 11 is 1.45. The van der Waals surface area contributed by atoms with Gasteiger partial charge in [-0.2, -0.15) is 0 Å². The van der Waals surface area contributed by atoms with Crippen LogP contribution < -0.4 is 5.32 Å². The van der Waals surface area contributed by atoms with Gasteiger partial charge in [-0.25, -0.2) is 4.79 Å². The molecule has 0 radical (unpaired) electrons. The first-order valence-corrected chi connectivity index (χ1v) is 10.6. The van der Waals surface area contributed by atoms with Gasteiger partial charge in [0.25, 0.3) is 5.91 Å². The lowest BCUT2D eigenvalue weighted by Crippen LogP contribution is -2.49. The summed E-state index contributed by atoms with van der Waals surface area (Å²) < 4.78 is 5.41. The number of nitrogens with zero attached hydrogens (tertiary/aromatic N) is 1. The lowest BCUT2D eigenvalue weighted by Gasteiger charge is -2.38. The molecule has 2 amide bonds. The monoisotopic (exact) mass is 392 g/mol. The van der Waals surface area contributed by atoms with Crippen molar-refractivity contribution in [2.45, 2.75) is 77.8 Å².